The Balaban J connectivity index is 1.93. The van der Waals surface area contributed by atoms with E-state index in [0.717, 1.165) is 38.1 Å². The second-order valence-corrected chi connectivity index (χ2v) is 11.2. The first kappa shape index (κ1) is 20.2. The van der Waals surface area contributed by atoms with Crippen LogP contribution < -0.4 is 4.72 Å². The maximum absolute atomic E-state index is 12.7. The summed E-state index contributed by atoms with van der Waals surface area (Å²) < 4.78 is 50.6. The van der Waals surface area contributed by atoms with Crippen molar-refractivity contribution in [1.82, 2.24) is 9.62 Å². The Labute approximate surface area is 159 Å². The molecule has 0 radical (unpaired) electrons. The topological polar surface area (TPSA) is 181 Å². The Kier molecular flexibility index (Phi) is 4.29. The maximum atomic E-state index is 12.7. The number of sulfone groups is 1. The fourth-order valence-electron chi connectivity index (χ4n) is 3.40. The Bertz CT molecular complexity index is 1090. The highest BCUT2D eigenvalue weighted by atomic mass is 32.2. The third-order valence-electron chi connectivity index (χ3n) is 4.94. The highest BCUT2D eigenvalue weighted by Gasteiger charge is 2.72. The van der Waals surface area contributed by atoms with Crippen LogP contribution in [0.5, 0.6) is 0 Å². The maximum Gasteiger partial charge on any atom is 0.328 e. The van der Waals surface area contributed by atoms with E-state index < -0.39 is 63.8 Å². The summed E-state index contributed by atoms with van der Waals surface area (Å²) in [6, 6.07) is 0.436. The number of carboxylic acid groups (broad SMARTS) is 1. The first-order valence-electron chi connectivity index (χ1n) is 7.78. The monoisotopic (exact) mass is 433 g/mol. The minimum atomic E-state index is -4.39. The molecule has 0 spiro atoms. The fourth-order valence-corrected chi connectivity index (χ4v) is 6.89. The van der Waals surface area contributed by atoms with Gasteiger partial charge in [-0.2, -0.15) is 4.72 Å². The lowest BCUT2D eigenvalue weighted by Gasteiger charge is -2.42. The number of sulfonamides is 1. The number of nitrogens with one attached hydrogen (secondary N) is 1. The van der Waals surface area contributed by atoms with Crippen molar-refractivity contribution < 1.29 is 36.5 Å². The van der Waals surface area contributed by atoms with E-state index >= 15 is 0 Å². The lowest BCUT2D eigenvalue weighted by atomic mass is 9.96. The van der Waals surface area contributed by atoms with Gasteiger partial charge in [0.05, 0.1) is 9.82 Å². The predicted molar refractivity (Wildman–Crippen MR) is 92.3 cm³/mol. The molecule has 2 aliphatic heterocycles. The smallest absolute Gasteiger partial charge is 0.328 e. The van der Waals surface area contributed by atoms with Gasteiger partial charge in [-0.25, -0.2) is 21.6 Å². The van der Waals surface area contributed by atoms with Gasteiger partial charge in [0, 0.05) is 12.1 Å². The fraction of sp³-hybridized carbons (Fsp3) is 0.429. The molecule has 1 aromatic carbocycles. The van der Waals surface area contributed by atoms with Gasteiger partial charge in [-0.3, -0.25) is 14.9 Å². The zero-order valence-electron chi connectivity index (χ0n) is 14.5. The molecule has 0 aliphatic carbocycles. The molecule has 3 rings (SSSR count). The molecule has 0 unspecified atom stereocenters. The van der Waals surface area contributed by atoms with Gasteiger partial charge in [-0.15, -0.1) is 0 Å². The van der Waals surface area contributed by atoms with Crippen molar-refractivity contribution in [3.8, 4) is 0 Å². The summed E-state index contributed by atoms with van der Waals surface area (Å²) in [6.45, 7) is 2.32. The molecular weight excluding hydrogens is 418 g/mol. The largest absolute Gasteiger partial charge is 0.480 e. The van der Waals surface area contributed by atoms with Crippen molar-refractivity contribution in [3.63, 3.8) is 0 Å². The van der Waals surface area contributed by atoms with Crippen LogP contribution in [0.15, 0.2) is 29.2 Å². The zero-order valence-corrected chi connectivity index (χ0v) is 16.1. The predicted octanol–water partition coefficient (Wildman–Crippen LogP) is -0.930. The van der Waals surface area contributed by atoms with Crippen LogP contribution in [0, 0.1) is 10.1 Å². The standard InChI is InChI=1S/C14H15N3O9S2/c1-14(2)10(13(19)20)16-11(18)9(12(16)27(14,23)24)15-28(25,26)8-5-3-7(4-6-8)17(21)22/h3-6,9-10,12,15H,1-2H3,(H,19,20)/t9-,10+,12-/m1/s1. The lowest BCUT2D eigenvalue weighted by Crippen LogP contribution is -2.71. The van der Waals surface area contributed by atoms with Crippen molar-refractivity contribution in [3.05, 3.63) is 34.4 Å². The molecule has 14 heteroatoms. The molecule has 1 amide bonds. The number of nitrogens with zero attached hydrogens (tertiary/aromatic N) is 2. The van der Waals surface area contributed by atoms with Crippen LogP contribution in [0.1, 0.15) is 13.8 Å². The molecule has 152 valence electrons. The number of carboxylic acids is 1. The number of fused-ring (bicyclic) bond motifs is 1. The number of carbonyl (C=O) groups excluding carboxylic acids is 1. The van der Waals surface area contributed by atoms with Crippen LogP contribution in [0.3, 0.4) is 0 Å². The number of β-lactam (4-membered cyclic amide) rings is 1. The molecule has 2 heterocycles. The normalized spacial score (nSPS) is 27.7. The molecule has 2 saturated heterocycles. The van der Waals surface area contributed by atoms with E-state index in [1.54, 1.807) is 0 Å². The SMILES string of the molecule is CC1(C)[C@H](C(=O)O)N2C(=O)[C@@H](NS(=O)(=O)c3ccc([N+](=O)[O-])cc3)[C@H]2S1(=O)=O. The third kappa shape index (κ3) is 2.59. The summed E-state index contributed by atoms with van der Waals surface area (Å²) in [7, 11) is -8.60. The van der Waals surface area contributed by atoms with Gasteiger partial charge in [0.15, 0.2) is 15.2 Å². The van der Waals surface area contributed by atoms with E-state index in [0.29, 0.717) is 4.90 Å². The molecule has 12 nitrogen and oxygen atoms in total. The van der Waals surface area contributed by atoms with Gasteiger partial charge in [-0.05, 0) is 26.0 Å². The number of hydrogen-bond donors (Lipinski definition) is 2. The van der Waals surface area contributed by atoms with Gasteiger partial charge >= 0.3 is 5.97 Å². The van der Waals surface area contributed by atoms with Gasteiger partial charge in [0.1, 0.15) is 16.8 Å². The van der Waals surface area contributed by atoms with Crippen molar-refractivity contribution in [1.29, 1.82) is 0 Å². The van der Waals surface area contributed by atoms with Crippen molar-refractivity contribution in [2.24, 2.45) is 0 Å². The van der Waals surface area contributed by atoms with E-state index in [4.69, 9.17) is 0 Å². The van der Waals surface area contributed by atoms with Gasteiger partial charge < -0.3 is 10.0 Å². The summed E-state index contributed by atoms with van der Waals surface area (Å²) in [4.78, 5) is 34.0. The Morgan fingerprint density at radius 2 is 1.82 bits per heavy atom. The van der Waals surface area contributed by atoms with Crippen LogP contribution in [0.4, 0.5) is 5.69 Å². The second kappa shape index (κ2) is 5.96. The number of rotatable bonds is 5. The molecule has 0 saturated carbocycles. The van der Waals surface area contributed by atoms with Crippen molar-refractivity contribution >= 4 is 37.4 Å². The van der Waals surface area contributed by atoms with Gasteiger partial charge in [0.25, 0.3) is 5.69 Å². The number of carbonyl (C=O) groups is 2. The van der Waals surface area contributed by atoms with Gasteiger partial charge in [0.2, 0.25) is 15.9 Å². The zero-order chi connectivity index (χ0) is 21.2. The summed E-state index contributed by atoms with van der Waals surface area (Å²) in [5, 5.41) is 18.3. The average Bonchev–Trinajstić information content (AvgIpc) is 2.73. The Morgan fingerprint density at radius 3 is 2.29 bits per heavy atom. The van der Waals surface area contributed by atoms with Crippen LogP contribution in [0.2, 0.25) is 0 Å². The molecule has 0 aromatic heterocycles. The number of nitro benzene ring substituents is 1. The van der Waals surface area contributed by atoms with Crippen molar-refractivity contribution in [2.45, 2.75) is 40.9 Å². The van der Waals surface area contributed by atoms with E-state index in [2.05, 4.69) is 0 Å². The van der Waals surface area contributed by atoms with Crippen LogP contribution in [-0.2, 0) is 29.4 Å². The molecule has 2 aliphatic rings. The molecule has 1 aromatic rings. The summed E-state index contributed by atoms with van der Waals surface area (Å²) >= 11 is 0. The molecule has 2 N–H and O–H groups in total. The molecule has 2 fully saturated rings. The average molecular weight is 433 g/mol. The third-order valence-corrected chi connectivity index (χ3v) is 9.22. The molecule has 28 heavy (non-hydrogen) atoms. The molecule has 0 bridgehead atoms. The molecule has 3 atom stereocenters. The van der Waals surface area contributed by atoms with Crippen LogP contribution in [-0.4, -0.2) is 65.8 Å². The second-order valence-electron chi connectivity index (χ2n) is 6.88. The summed E-state index contributed by atoms with van der Waals surface area (Å²) in [5.74, 6) is -2.49. The minimum absolute atomic E-state index is 0.353. The Morgan fingerprint density at radius 1 is 1.29 bits per heavy atom. The van der Waals surface area contributed by atoms with E-state index in [9.17, 15) is 41.6 Å². The van der Waals surface area contributed by atoms with E-state index in [-0.39, 0.29) is 5.69 Å². The summed E-state index contributed by atoms with van der Waals surface area (Å²) in [6.07, 6.45) is 0. The number of amides is 1. The lowest BCUT2D eigenvalue weighted by molar-refractivity contribution is -0.384. The number of aliphatic carboxylic acids is 1. The highest BCUT2D eigenvalue weighted by Crippen LogP contribution is 2.46. The Hall–Kier alpha value is -2.58. The first-order valence-corrected chi connectivity index (χ1v) is 10.8. The van der Waals surface area contributed by atoms with Gasteiger partial charge in [-0.1, -0.05) is 0 Å². The van der Waals surface area contributed by atoms with E-state index in [1.165, 1.54) is 0 Å². The summed E-state index contributed by atoms with van der Waals surface area (Å²) in [5.41, 5.74) is -0.353. The van der Waals surface area contributed by atoms with Crippen LogP contribution >= 0.6 is 0 Å². The number of benzene rings is 1. The quantitative estimate of drug-likeness (QED) is 0.337. The van der Waals surface area contributed by atoms with Crippen molar-refractivity contribution in [2.75, 3.05) is 0 Å². The number of non-ortho nitro benzene ring substituents is 1. The van der Waals surface area contributed by atoms with Crippen LogP contribution in [0.25, 0.3) is 0 Å². The first-order chi connectivity index (χ1) is 12.7. The number of nitro groups is 1. The molecular formula is C14H15N3O9S2. The highest BCUT2D eigenvalue weighted by molar-refractivity contribution is 7.94. The van der Waals surface area contributed by atoms with E-state index in [1.807, 2.05) is 4.72 Å². The number of hydrogen-bond acceptors (Lipinski definition) is 8. The minimum Gasteiger partial charge on any atom is -0.480 e.